The zero-order chi connectivity index (χ0) is 13.2. The first-order chi connectivity index (χ1) is 8.47. The molecule has 0 fully saturated rings. The molecule has 7 heteroatoms. The minimum atomic E-state index is -3.87. The monoisotopic (exact) mass is 284 g/mol. The van der Waals surface area contributed by atoms with E-state index in [4.69, 9.17) is 15.8 Å². The first-order valence-corrected chi connectivity index (χ1v) is 6.75. The van der Waals surface area contributed by atoms with Crippen LogP contribution in [0.5, 0.6) is 5.75 Å². The van der Waals surface area contributed by atoms with Crippen molar-refractivity contribution >= 4 is 21.7 Å². The number of aromatic nitrogens is 2. The van der Waals surface area contributed by atoms with Crippen LogP contribution in [0.15, 0.2) is 41.6 Å². The molecule has 0 amide bonds. The fourth-order valence-electron chi connectivity index (χ4n) is 1.22. The Hall–Kier alpha value is -1.66. The molecule has 2 rings (SSSR count). The topological polar surface area (TPSA) is 69.2 Å². The summed E-state index contributed by atoms with van der Waals surface area (Å²) in [6, 6.07) is 6.33. The highest BCUT2D eigenvalue weighted by Crippen LogP contribution is 2.17. The fraction of sp³-hybridized carbons (Fsp3) is 0.0909. The summed E-state index contributed by atoms with van der Waals surface area (Å²) < 4.78 is 28.6. The van der Waals surface area contributed by atoms with Gasteiger partial charge in [-0.15, -0.1) is 0 Å². The van der Waals surface area contributed by atoms with E-state index in [1.165, 1.54) is 24.5 Å². The predicted octanol–water partition coefficient (Wildman–Crippen LogP) is 2.21. The van der Waals surface area contributed by atoms with E-state index < -0.39 is 10.1 Å². The molecule has 0 spiro atoms. The van der Waals surface area contributed by atoms with Crippen molar-refractivity contribution < 1.29 is 12.6 Å². The highest BCUT2D eigenvalue weighted by molar-refractivity contribution is 7.87. The Bertz CT molecular complexity index is 639. The molecule has 0 aliphatic carbocycles. The predicted molar refractivity (Wildman–Crippen MR) is 66.0 cm³/mol. The van der Waals surface area contributed by atoms with E-state index >= 15 is 0 Å². The average molecular weight is 285 g/mol. The normalized spacial score (nSPS) is 11.2. The average Bonchev–Trinajstić information content (AvgIpc) is 2.32. The second kappa shape index (κ2) is 4.91. The molecule has 18 heavy (non-hydrogen) atoms. The maximum Gasteiger partial charge on any atom is 0.339 e. The highest BCUT2D eigenvalue weighted by atomic mass is 35.5. The molecule has 2 aromatic rings. The molecule has 0 radical (unpaired) electrons. The van der Waals surface area contributed by atoms with Crippen LogP contribution in [0.3, 0.4) is 0 Å². The molecule has 5 nitrogen and oxygen atoms in total. The quantitative estimate of drug-likeness (QED) is 0.638. The fourth-order valence-corrected chi connectivity index (χ4v) is 2.23. The van der Waals surface area contributed by atoms with Gasteiger partial charge in [0.15, 0.2) is 5.75 Å². The first kappa shape index (κ1) is 12.8. The Morgan fingerprint density at radius 2 is 1.67 bits per heavy atom. The summed E-state index contributed by atoms with van der Waals surface area (Å²) in [6.07, 6.45) is 2.39. The largest absolute Gasteiger partial charge is 0.376 e. The molecule has 0 unspecified atom stereocenters. The number of rotatable bonds is 3. The third-order valence-electron chi connectivity index (χ3n) is 2.11. The lowest BCUT2D eigenvalue weighted by molar-refractivity contribution is 0.483. The van der Waals surface area contributed by atoms with Gasteiger partial charge in [-0.25, -0.2) is 9.97 Å². The van der Waals surface area contributed by atoms with E-state index in [2.05, 4.69) is 9.97 Å². The zero-order valence-corrected chi connectivity index (χ0v) is 10.9. The minimum absolute atomic E-state index is 0.0139. The first-order valence-electron chi connectivity index (χ1n) is 4.96. The number of hydrogen-bond donors (Lipinski definition) is 0. The van der Waals surface area contributed by atoms with E-state index in [9.17, 15) is 8.42 Å². The number of nitrogens with zero attached hydrogens (tertiary/aromatic N) is 2. The molecule has 0 saturated carbocycles. The molecule has 1 aromatic heterocycles. The third kappa shape index (κ3) is 2.96. The number of benzene rings is 1. The smallest absolute Gasteiger partial charge is 0.339 e. The van der Waals surface area contributed by atoms with Crippen molar-refractivity contribution in [2.75, 3.05) is 0 Å². The van der Waals surface area contributed by atoms with Gasteiger partial charge >= 0.3 is 10.1 Å². The van der Waals surface area contributed by atoms with Gasteiger partial charge in [0.05, 0.1) is 12.4 Å². The van der Waals surface area contributed by atoms with Gasteiger partial charge in [-0.1, -0.05) is 17.7 Å². The van der Waals surface area contributed by atoms with E-state index in [1.807, 2.05) is 6.92 Å². The van der Waals surface area contributed by atoms with Crippen molar-refractivity contribution in [3.8, 4) is 5.75 Å². The van der Waals surface area contributed by atoms with Crippen LogP contribution in [0.2, 0.25) is 5.28 Å². The number of hydrogen-bond acceptors (Lipinski definition) is 5. The van der Waals surface area contributed by atoms with Gasteiger partial charge in [0.1, 0.15) is 4.90 Å². The summed E-state index contributed by atoms with van der Waals surface area (Å²) in [4.78, 5) is 7.34. The molecular weight excluding hydrogens is 276 g/mol. The lowest BCUT2D eigenvalue weighted by atomic mass is 10.2. The van der Waals surface area contributed by atoms with Crippen molar-refractivity contribution in [1.82, 2.24) is 9.97 Å². The van der Waals surface area contributed by atoms with E-state index in [0.717, 1.165) is 5.56 Å². The van der Waals surface area contributed by atoms with Crippen LogP contribution in [-0.4, -0.2) is 18.4 Å². The second-order valence-electron chi connectivity index (χ2n) is 3.54. The summed E-state index contributed by atoms with van der Waals surface area (Å²) in [5.41, 5.74) is 0.962. The van der Waals surface area contributed by atoms with Gasteiger partial charge in [-0.05, 0) is 30.7 Å². The molecule has 0 N–H and O–H groups in total. The molecule has 0 aliphatic heterocycles. The molecule has 1 heterocycles. The Morgan fingerprint density at radius 1 is 1.11 bits per heavy atom. The van der Waals surface area contributed by atoms with Crippen molar-refractivity contribution in [2.45, 2.75) is 11.8 Å². The summed E-state index contributed by atoms with van der Waals surface area (Å²) in [5.74, 6) is 0.0139. The highest BCUT2D eigenvalue weighted by Gasteiger charge is 2.16. The van der Waals surface area contributed by atoms with Crippen LogP contribution in [0.1, 0.15) is 5.56 Å². The Labute approximate surface area is 110 Å². The van der Waals surface area contributed by atoms with Gasteiger partial charge in [0.25, 0.3) is 0 Å². The number of halogens is 1. The van der Waals surface area contributed by atoms with Crippen LogP contribution in [0, 0.1) is 6.92 Å². The molecular formula is C11H9ClN2O3S. The van der Waals surface area contributed by atoms with Gasteiger partial charge < -0.3 is 4.18 Å². The third-order valence-corrected chi connectivity index (χ3v) is 3.57. The van der Waals surface area contributed by atoms with Crippen LogP contribution in [-0.2, 0) is 10.1 Å². The minimum Gasteiger partial charge on any atom is -0.376 e. The molecule has 94 valence electrons. The van der Waals surface area contributed by atoms with E-state index in [1.54, 1.807) is 12.1 Å². The van der Waals surface area contributed by atoms with Crippen molar-refractivity contribution in [3.05, 3.63) is 47.5 Å². The van der Waals surface area contributed by atoms with Crippen molar-refractivity contribution in [2.24, 2.45) is 0 Å². The van der Waals surface area contributed by atoms with Crippen LogP contribution >= 0.6 is 11.6 Å². The zero-order valence-electron chi connectivity index (χ0n) is 9.37. The molecule has 0 aliphatic rings. The standard InChI is InChI=1S/C11H9ClN2O3S/c1-8-2-4-10(5-3-8)18(15,16)17-9-6-13-11(12)14-7-9/h2-7H,1H3. The summed E-state index contributed by atoms with van der Waals surface area (Å²) >= 11 is 5.49. The maximum absolute atomic E-state index is 11.9. The van der Waals surface area contributed by atoms with E-state index in [0.29, 0.717) is 0 Å². The summed E-state index contributed by atoms with van der Waals surface area (Å²) in [7, 11) is -3.87. The van der Waals surface area contributed by atoms with E-state index in [-0.39, 0.29) is 15.9 Å². The lowest BCUT2D eigenvalue weighted by Gasteiger charge is -2.06. The molecule has 0 atom stereocenters. The Kier molecular flexibility index (Phi) is 3.49. The van der Waals surface area contributed by atoms with Crippen LogP contribution in [0.25, 0.3) is 0 Å². The second-order valence-corrected chi connectivity index (χ2v) is 5.42. The summed E-state index contributed by atoms with van der Waals surface area (Å²) in [5, 5.41) is 0.0232. The number of aryl methyl sites for hydroxylation is 1. The molecule has 0 bridgehead atoms. The van der Waals surface area contributed by atoms with Gasteiger partial charge in [0.2, 0.25) is 5.28 Å². The maximum atomic E-state index is 11.9. The Morgan fingerprint density at radius 3 is 2.22 bits per heavy atom. The van der Waals surface area contributed by atoms with Gasteiger partial charge in [-0.3, -0.25) is 0 Å². The van der Waals surface area contributed by atoms with Crippen molar-refractivity contribution in [1.29, 1.82) is 0 Å². The Balaban J connectivity index is 2.27. The van der Waals surface area contributed by atoms with Crippen molar-refractivity contribution in [3.63, 3.8) is 0 Å². The van der Waals surface area contributed by atoms with Crippen LogP contribution < -0.4 is 4.18 Å². The van der Waals surface area contributed by atoms with Gasteiger partial charge in [0, 0.05) is 0 Å². The lowest BCUT2D eigenvalue weighted by Crippen LogP contribution is -2.10. The molecule has 1 aromatic carbocycles. The van der Waals surface area contributed by atoms with Gasteiger partial charge in [-0.2, -0.15) is 8.42 Å². The molecule has 0 saturated heterocycles. The summed E-state index contributed by atoms with van der Waals surface area (Å²) in [6.45, 7) is 1.87. The SMILES string of the molecule is Cc1ccc(S(=O)(=O)Oc2cnc(Cl)nc2)cc1. The van der Waals surface area contributed by atoms with Crippen LogP contribution in [0.4, 0.5) is 0 Å².